The number of aliphatic carboxylic acids is 1. The molecule has 12 nitrogen and oxygen atoms in total. The number of hydrogen-bond acceptors (Lipinski definition) is 9. The SMILES string of the molecule is COc1cc([C@H](Nc2ccc(C(=N)N)cc2)C(=O)N[C@@](N)(CCC(=O)OC(C)(C)C)C(=O)O)ccc1OCc1ccccc1. The normalized spacial score (nSPS) is 13.1. The molecular formula is C32H39N5O7. The molecule has 0 heterocycles. The summed E-state index contributed by atoms with van der Waals surface area (Å²) in [6, 6.07) is 19.7. The fourth-order valence-corrected chi connectivity index (χ4v) is 4.14. The molecule has 2 atom stereocenters. The molecule has 0 radical (unpaired) electrons. The van der Waals surface area contributed by atoms with E-state index < -0.39 is 41.6 Å². The van der Waals surface area contributed by atoms with Crippen LogP contribution >= 0.6 is 0 Å². The van der Waals surface area contributed by atoms with E-state index in [1.54, 1.807) is 63.2 Å². The lowest BCUT2D eigenvalue weighted by molar-refractivity contribution is -0.156. The predicted molar refractivity (Wildman–Crippen MR) is 165 cm³/mol. The minimum atomic E-state index is -2.28. The molecule has 3 rings (SSSR count). The first-order valence-corrected chi connectivity index (χ1v) is 13.8. The number of carboxylic acids is 1. The Bertz CT molecular complexity index is 1470. The summed E-state index contributed by atoms with van der Waals surface area (Å²) in [7, 11) is 1.46. The standard InChI is InChI=1S/C32H39N5O7/c1-31(2,3)44-26(38)16-17-32(35,30(40)41)37-29(39)27(36-23-13-10-21(11-14-23)28(33)34)22-12-15-24(25(18-22)42-4)43-19-20-8-6-5-7-9-20/h5-15,18,27,36H,16-17,19,35H2,1-4H3,(H3,33,34)(H,37,39)(H,40,41)/t27-,32-/m0/s1. The molecule has 0 bridgehead atoms. The maximum absolute atomic E-state index is 13.8. The van der Waals surface area contributed by atoms with Gasteiger partial charge in [0.2, 0.25) is 5.91 Å². The molecule has 0 fully saturated rings. The second-order valence-electron chi connectivity index (χ2n) is 11.1. The highest BCUT2D eigenvalue weighted by Gasteiger charge is 2.39. The summed E-state index contributed by atoms with van der Waals surface area (Å²) in [6.07, 6.45) is -0.759. The van der Waals surface area contributed by atoms with Crippen molar-refractivity contribution in [3.63, 3.8) is 0 Å². The summed E-state index contributed by atoms with van der Waals surface area (Å²) in [6.45, 7) is 5.34. The fourth-order valence-electron chi connectivity index (χ4n) is 4.14. The Hall–Kier alpha value is -5.10. The number of ether oxygens (including phenoxy) is 3. The van der Waals surface area contributed by atoms with Gasteiger partial charge in [0.05, 0.1) is 7.11 Å². The van der Waals surface area contributed by atoms with Crippen molar-refractivity contribution >= 4 is 29.4 Å². The maximum atomic E-state index is 13.8. The van der Waals surface area contributed by atoms with Crippen LogP contribution in [0.1, 0.15) is 56.3 Å². The number of esters is 1. The number of nitrogens with one attached hydrogen (secondary N) is 3. The van der Waals surface area contributed by atoms with Crippen LogP contribution in [0.4, 0.5) is 5.69 Å². The van der Waals surface area contributed by atoms with Crippen LogP contribution in [0.25, 0.3) is 0 Å². The van der Waals surface area contributed by atoms with Crippen molar-refractivity contribution in [1.29, 1.82) is 5.41 Å². The molecule has 0 aliphatic heterocycles. The Labute approximate surface area is 256 Å². The van der Waals surface area contributed by atoms with Crippen molar-refractivity contribution < 1.29 is 33.7 Å². The van der Waals surface area contributed by atoms with Gasteiger partial charge in [-0.2, -0.15) is 0 Å². The molecular weight excluding hydrogens is 566 g/mol. The van der Waals surface area contributed by atoms with Crippen molar-refractivity contribution in [2.45, 2.75) is 57.5 Å². The fraction of sp³-hybridized carbons (Fsp3) is 0.312. The average molecular weight is 606 g/mol. The topological polar surface area (TPSA) is 199 Å². The molecule has 3 aromatic carbocycles. The Morgan fingerprint density at radius 2 is 1.64 bits per heavy atom. The molecule has 234 valence electrons. The van der Waals surface area contributed by atoms with Gasteiger partial charge in [0.1, 0.15) is 24.1 Å². The van der Waals surface area contributed by atoms with Crippen molar-refractivity contribution in [1.82, 2.24) is 5.32 Å². The zero-order chi connectivity index (χ0) is 32.5. The summed E-state index contributed by atoms with van der Waals surface area (Å²) in [5.41, 5.74) is 11.0. The van der Waals surface area contributed by atoms with E-state index in [1.165, 1.54) is 7.11 Å². The highest BCUT2D eigenvalue weighted by molar-refractivity contribution is 5.95. The molecule has 0 aromatic heterocycles. The number of methoxy groups -OCH3 is 1. The van der Waals surface area contributed by atoms with Gasteiger partial charge in [0, 0.05) is 24.1 Å². The van der Waals surface area contributed by atoms with Gasteiger partial charge in [-0.1, -0.05) is 36.4 Å². The number of carbonyl (C=O) groups excluding carboxylic acids is 2. The van der Waals surface area contributed by atoms with Gasteiger partial charge in [-0.15, -0.1) is 0 Å². The molecule has 3 aromatic rings. The lowest BCUT2D eigenvalue weighted by Crippen LogP contribution is -2.63. The van der Waals surface area contributed by atoms with Gasteiger partial charge in [0.25, 0.3) is 0 Å². The summed E-state index contributed by atoms with van der Waals surface area (Å²) in [5, 5.41) is 23.1. The van der Waals surface area contributed by atoms with E-state index in [4.69, 9.17) is 31.1 Å². The third-order valence-electron chi connectivity index (χ3n) is 6.40. The number of rotatable bonds is 14. The largest absolute Gasteiger partial charge is 0.493 e. The number of benzene rings is 3. The molecule has 0 aliphatic rings. The Kier molecular flexibility index (Phi) is 10.9. The summed E-state index contributed by atoms with van der Waals surface area (Å²) in [4.78, 5) is 38.3. The van der Waals surface area contributed by atoms with Gasteiger partial charge in [-0.05, 0) is 68.3 Å². The van der Waals surface area contributed by atoms with E-state index in [0.717, 1.165) is 5.56 Å². The number of nitrogens with two attached hydrogens (primary N) is 2. The zero-order valence-corrected chi connectivity index (χ0v) is 25.2. The van der Waals surface area contributed by atoms with Crippen molar-refractivity contribution in [3.05, 3.63) is 89.5 Å². The highest BCUT2D eigenvalue weighted by Crippen LogP contribution is 2.33. The third-order valence-corrected chi connectivity index (χ3v) is 6.40. The lowest BCUT2D eigenvalue weighted by atomic mass is 10.0. The first-order chi connectivity index (χ1) is 20.7. The van der Waals surface area contributed by atoms with E-state index in [-0.39, 0.29) is 18.9 Å². The minimum absolute atomic E-state index is 0.124. The quantitative estimate of drug-likeness (QED) is 0.0682. The minimum Gasteiger partial charge on any atom is -0.493 e. The van der Waals surface area contributed by atoms with E-state index in [0.29, 0.717) is 28.3 Å². The van der Waals surface area contributed by atoms with Crippen LogP contribution in [0.15, 0.2) is 72.8 Å². The smallest absolute Gasteiger partial charge is 0.344 e. The lowest BCUT2D eigenvalue weighted by Gasteiger charge is -2.29. The third kappa shape index (κ3) is 9.46. The molecule has 0 saturated carbocycles. The average Bonchev–Trinajstić information content (AvgIpc) is 2.97. The van der Waals surface area contributed by atoms with Crippen LogP contribution in [0.5, 0.6) is 11.5 Å². The Morgan fingerprint density at radius 3 is 2.20 bits per heavy atom. The van der Waals surface area contributed by atoms with Gasteiger partial charge in [0.15, 0.2) is 17.2 Å². The van der Waals surface area contributed by atoms with Crippen molar-refractivity contribution in [2.75, 3.05) is 12.4 Å². The summed E-state index contributed by atoms with van der Waals surface area (Å²) < 4.78 is 16.8. The number of nitrogen functional groups attached to an aromatic ring is 1. The monoisotopic (exact) mass is 605 g/mol. The van der Waals surface area contributed by atoms with Crippen LogP contribution in [-0.4, -0.2) is 47.2 Å². The Morgan fingerprint density at radius 1 is 0.977 bits per heavy atom. The number of amides is 1. The summed E-state index contributed by atoms with van der Waals surface area (Å²) in [5.74, 6) is -2.32. The predicted octanol–water partition coefficient (Wildman–Crippen LogP) is 3.69. The highest BCUT2D eigenvalue weighted by atomic mass is 16.6. The number of hydrogen-bond donors (Lipinski definition) is 6. The van der Waals surface area contributed by atoms with Gasteiger partial charge in [-0.25, -0.2) is 4.79 Å². The van der Waals surface area contributed by atoms with E-state index in [2.05, 4.69) is 10.6 Å². The summed E-state index contributed by atoms with van der Waals surface area (Å²) >= 11 is 0. The van der Waals surface area contributed by atoms with Crippen LogP contribution in [0.2, 0.25) is 0 Å². The van der Waals surface area contributed by atoms with Crippen LogP contribution in [0.3, 0.4) is 0 Å². The van der Waals surface area contributed by atoms with Crippen molar-refractivity contribution in [3.8, 4) is 11.5 Å². The molecule has 0 saturated heterocycles. The zero-order valence-electron chi connectivity index (χ0n) is 25.2. The first kappa shape index (κ1) is 33.4. The van der Waals surface area contributed by atoms with Crippen molar-refractivity contribution in [2.24, 2.45) is 11.5 Å². The van der Waals surface area contributed by atoms with Gasteiger partial charge >= 0.3 is 11.9 Å². The molecule has 0 spiro atoms. The molecule has 8 N–H and O–H groups in total. The molecule has 0 aliphatic carbocycles. The second-order valence-corrected chi connectivity index (χ2v) is 11.1. The Balaban J connectivity index is 1.91. The number of carbonyl (C=O) groups is 3. The van der Waals surface area contributed by atoms with Crippen LogP contribution < -0.4 is 31.6 Å². The molecule has 12 heteroatoms. The van der Waals surface area contributed by atoms with E-state index in [9.17, 15) is 19.5 Å². The first-order valence-electron chi connectivity index (χ1n) is 13.8. The number of amidine groups is 1. The van der Waals surface area contributed by atoms with E-state index in [1.807, 2.05) is 30.3 Å². The van der Waals surface area contributed by atoms with Crippen LogP contribution in [0, 0.1) is 5.41 Å². The van der Waals surface area contributed by atoms with Gasteiger partial charge in [-0.3, -0.25) is 20.7 Å². The maximum Gasteiger partial charge on any atom is 0.344 e. The number of anilines is 1. The molecule has 0 unspecified atom stereocenters. The van der Waals surface area contributed by atoms with Crippen LogP contribution in [-0.2, 0) is 25.7 Å². The van der Waals surface area contributed by atoms with E-state index >= 15 is 0 Å². The molecule has 44 heavy (non-hydrogen) atoms. The second kappa shape index (κ2) is 14.4. The van der Waals surface area contributed by atoms with Gasteiger partial charge < -0.3 is 35.7 Å². The number of carboxylic acid groups (broad SMARTS) is 1. The molecule has 1 amide bonds.